The number of carbonyl (C=O) groups excluding carboxylic acids is 2. The number of benzene rings is 1. The summed E-state index contributed by atoms with van der Waals surface area (Å²) in [6, 6.07) is 8.34. The number of carbonyl (C=O) groups is 2. The van der Waals surface area contributed by atoms with E-state index in [-0.39, 0.29) is 18.6 Å². The maximum Gasteiger partial charge on any atom is 0.272 e. The van der Waals surface area contributed by atoms with Crippen molar-refractivity contribution in [2.45, 2.75) is 19.8 Å². The Morgan fingerprint density at radius 1 is 1.19 bits per heavy atom. The molecule has 1 aromatic heterocycles. The highest BCUT2D eigenvalue weighted by atomic mass is 16.7. The molecule has 140 valence electrons. The predicted molar refractivity (Wildman–Crippen MR) is 99.1 cm³/mol. The second kappa shape index (κ2) is 7.26. The Kier molecular flexibility index (Phi) is 4.66. The molecule has 1 aromatic carbocycles. The summed E-state index contributed by atoms with van der Waals surface area (Å²) in [7, 11) is 0. The van der Waals surface area contributed by atoms with E-state index in [2.05, 4.69) is 17.2 Å². The highest BCUT2D eigenvalue weighted by molar-refractivity contribution is 6.05. The van der Waals surface area contributed by atoms with Gasteiger partial charge in [0, 0.05) is 36.6 Å². The second-order valence-electron chi connectivity index (χ2n) is 6.95. The van der Waals surface area contributed by atoms with Gasteiger partial charge in [-0.3, -0.25) is 14.6 Å². The third-order valence-electron chi connectivity index (χ3n) is 4.82. The van der Waals surface area contributed by atoms with Crippen LogP contribution < -0.4 is 14.8 Å². The van der Waals surface area contributed by atoms with Crippen LogP contribution in [0.4, 0.5) is 5.69 Å². The molecule has 1 atom stereocenters. The summed E-state index contributed by atoms with van der Waals surface area (Å²) in [6.07, 6.45) is 3.63. The molecule has 0 saturated carbocycles. The molecule has 1 N–H and O–H groups in total. The first-order chi connectivity index (χ1) is 13.1. The summed E-state index contributed by atoms with van der Waals surface area (Å²) in [5.41, 5.74) is 1.28. The first-order valence-corrected chi connectivity index (χ1v) is 9.06. The van der Waals surface area contributed by atoms with E-state index in [0.29, 0.717) is 34.4 Å². The molecule has 0 radical (unpaired) electrons. The number of hydrogen-bond acceptors (Lipinski definition) is 5. The van der Waals surface area contributed by atoms with Crippen LogP contribution in [0.5, 0.6) is 11.5 Å². The van der Waals surface area contributed by atoms with Crippen LogP contribution in [0.15, 0.2) is 36.5 Å². The molecule has 2 aromatic rings. The molecular weight excluding hydrogens is 346 g/mol. The molecule has 7 nitrogen and oxygen atoms in total. The van der Waals surface area contributed by atoms with Gasteiger partial charge in [0.1, 0.15) is 5.69 Å². The number of hydrogen-bond donors (Lipinski definition) is 1. The lowest BCUT2D eigenvalue weighted by atomic mass is 10.00. The van der Waals surface area contributed by atoms with Gasteiger partial charge in [-0.05, 0) is 43.0 Å². The molecule has 2 amide bonds. The zero-order valence-corrected chi connectivity index (χ0v) is 15.1. The summed E-state index contributed by atoms with van der Waals surface area (Å²) < 4.78 is 10.6. The summed E-state index contributed by atoms with van der Waals surface area (Å²) in [5, 5.41) is 2.81. The molecule has 0 spiro atoms. The fourth-order valence-electron chi connectivity index (χ4n) is 3.40. The number of nitrogens with one attached hydrogen (secondary N) is 1. The maximum atomic E-state index is 12.7. The van der Waals surface area contributed by atoms with Gasteiger partial charge in [-0.1, -0.05) is 6.92 Å². The minimum absolute atomic E-state index is 0.126. The summed E-state index contributed by atoms with van der Waals surface area (Å²) >= 11 is 0. The Labute approximate surface area is 157 Å². The van der Waals surface area contributed by atoms with Crippen LogP contribution in [-0.4, -0.2) is 41.6 Å². The van der Waals surface area contributed by atoms with Crippen molar-refractivity contribution < 1.29 is 19.1 Å². The van der Waals surface area contributed by atoms with E-state index >= 15 is 0 Å². The molecule has 1 unspecified atom stereocenters. The number of nitrogens with zero attached hydrogens (tertiary/aromatic N) is 2. The number of likely N-dealkylation sites (tertiary alicyclic amines) is 1. The smallest absolute Gasteiger partial charge is 0.272 e. The molecule has 27 heavy (non-hydrogen) atoms. The zero-order chi connectivity index (χ0) is 18.8. The van der Waals surface area contributed by atoms with Gasteiger partial charge in [0.2, 0.25) is 6.79 Å². The minimum Gasteiger partial charge on any atom is -0.454 e. The SMILES string of the molecule is CC1CCCN(C(=O)c2cc(C(=O)Nc3ccc4c(c3)OCO4)ccn2)C1. The number of fused-ring (bicyclic) bond motifs is 1. The van der Waals surface area contributed by atoms with E-state index in [9.17, 15) is 9.59 Å². The van der Waals surface area contributed by atoms with Gasteiger partial charge in [-0.2, -0.15) is 0 Å². The monoisotopic (exact) mass is 367 g/mol. The van der Waals surface area contributed by atoms with Gasteiger partial charge in [0.25, 0.3) is 11.8 Å². The van der Waals surface area contributed by atoms with Crippen molar-refractivity contribution >= 4 is 17.5 Å². The van der Waals surface area contributed by atoms with E-state index < -0.39 is 0 Å². The van der Waals surface area contributed by atoms with Gasteiger partial charge < -0.3 is 19.7 Å². The van der Waals surface area contributed by atoms with Crippen LogP contribution in [0, 0.1) is 5.92 Å². The lowest BCUT2D eigenvalue weighted by Crippen LogP contribution is -2.39. The normalized spacial score (nSPS) is 18.3. The lowest BCUT2D eigenvalue weighted by Gasteiger charge is -2.30. The third-order valence-corrected chi connectivity index (χ3v) is 4.82. The van der Waals surface area contributed by atoms with Gasteiger partial charge in [-0.25, -0.2) is 0 Å². The Morgan fingerprint density at radius 3 is 2.89 bits per heavy atom. The van der Waals surface area contributed by atoms with Crippen molar-refractivity contribution in [3.8, 4) is 11.5 Å². The average molecular weight is 367 g/mol. The first kappa shape index (κ1) is 17.3. The van der Waals surface area contributed by atoms with Crippen molar-refractivity contribution in [3.05, 3.63) is 47.8 Å². The van der Waals surface area contributed by atoms with E-state index in [1.165, 1.54) is 6.20 Å². The number of pyridine rings is 1. The number of piperidine rings is 1. The number of rotatable bonds is 3. The van der Waals surface area contributed by atoms with Crippen molar-refractivity contribution in [2.24, 2.45) is 5.92 Å². The van der Waals surface area contributed by atoms with Crippen LogP contribution in [-0.2, 0) is 0 Å². The second-order valence-corrected chi connectivity index (χ2v) is 6.95. The zero-order valence-electron chi connectivity index (χ0n) is 15.1. The standard InChI is InChI=1S/C20H21N3O4/c1-13-3-2-8-23(11-13)20(25)16-9-14(6-7-21-16)19(24)22-15-4-5-17-18(10-15)27-12-26-17/h4-7,9-10,13H,2-3,8,11-12H2,1H3,(H,22,24). The first-order valence-electron chi connectivity index (χ1n) is 9.06. The van der Waals surface area contributed by atoms with Crippen LogP contribution in [0.2, 0.25) is 0 Å². The van der Waals surface area contributed by atoms with E-state index in [1.54, 1.807) is 30.3 Å². The van der Waals surface area contributed by atoms with Gasteiger partial charge in [0.15, 0.2) is 11.5 Å². The Morgan fingerprint density at radius 2 is 2.04 bits per heavy atom. The van der Waals surface area contributed by atoms with Gasteiger partial charge in [-0.15, -0.1) is 0 Å². The van der Waals surface area contributed by atoms with Crippen LogP contribution >= 0.6 is 0 Å². The Hall–Kier alpha value is -3.09. The summed E-state index contributed by atoms with van der Waals surface area (Å²) in [6.45, 7) is 3.78. The maximum absolute atomic E-state index is 12.7. The highest BCUT2D eigenvalue weighted by Crippen LogP contribution is 2.34. The third kappa shape index (κ3) is 3.72. The van der Waals surface area contributed by atoms with Crippen molar-refractivity contribution in [3.63, 3.8) is 0 Å². The largest absolute Gasteiger partial charge is 0.454 e. The number of aromatic nitrogens is 1. The molecule has 4 rings (SSSR count). The molecule has 1 saturated heterocycles. The topological polar surface area (TPSA) is 80.8 Å². The van der Waals surface area contributed by atoms with Gasteiger partial charge >= 0.3 is 0 Å². The Bertz CT molecular complexity index is 883. The van der Waals surface area contributed by atoms with Crippen molar-refractivity contribution in [1.29, 1.82) is 0 Å². The molecule has 7 heteroatoms. The molecular formula is C20H21N3O4. The van der Waals surface area contributed by atoms with Crippen LogP contribution in [0.1, 0.15) is 40.6 Å². The summed E-state index contributed by atoms with van der Waals surface area (Å²) in [4.78, 5) is 31.3. The number of amides is 2. The molecule has 0 aliphatic carbocycles. The number of anilines is 1. The van der Waals surface area contributed by atoms with E-state index in [0.717, 1.165) is 25.9 Å². The highest BCUT2D eigenvalue weighted by Gasteiger charge is 2.23. The fraction of sp³-hybridized carbons (Fsp3) is 0.350. The minimum atomic E-state index is -0.308. The average Bonchev–Trinajstić information content (AvgIpc) is 3.15. The molecule has 0 bridgehead atoms. The Balaban J connectivity index is 1.48. The van der Waals surface area contributed by atoms with E-state index in [4.69, 9.17) is 9.47 Å². The van der Waals surface area contributed by atoms with E-state index in [1.807, 2.05) is 4.90 Å². The molecule has 3 heterocycles. The van der Waals surface area contributed by atoms with Gasteiger partial charge in [0.05, 0.1) is 0 Å². The molecule has 2 aliphatic heterocycles. The quantitative estimate of drug-likeness (QED) is 0.902. The predicted octanol–water partition coefficient (Wildman–Crippen LogP) is 2.93. The van der Waals surface area contributed by atoms with Crippen LogP contribution in [0.3, 0.4) is 0 Å². The molecule has 2 aliphatic rings. The van der Waals surface area contributed by atoms with Crippen molar-refractivity contribution in [1.82, 2.24) is 9.88 Å². The summed E-state index contributed by atoms with van der Waals surface area (Å²) in [5.74, 6) is 1.30. The molecule has 1 fully saturated rings. The fourth-order valence-corrected chi connectivity index (χ4v) is 3.40. The lowest BCUT2D eigenvalue weighted by molar-refractivity contribution is 0.0677. The van der Waals surface area contributed by atoms with Crippen LogP contribution in [0.25, 0.3) is 0 Å². The number of ether oxygens (including phenoxy) is 2. The van der Waals surface area contributed by atoms with Crippen molar-refractivity contribution in [2.75, 3.05) is 25.2 Å².